The molecule has 9 nitrogen and oxygen atoms in total. The number of rotatable bonds is 8. The zero-order valence-corrected chi connectivity index (χ0v) is 21.9. The minimum Gasteiger partial charge on any atom is -0.363 e. The summed E-state index contributed by atoms with van der Waals surface area (Å²) in [6, 6.07) is 5.98. The first-order valence-electron chi connectivity index (χ1n) is 10.4. The van der Waals surface area contributed by atoms with E-state index in [1.54, 1.807) is 11.0 Å². The van der Waals surface area contributed by atoms with Crippen molar-refractivity contribution >= 4 is 40.9 Å². The molecule has 1 aliphatic heterocycles. The van der Waals surface area contributed by atoms with Crippen LogP contribution in [-0.4, -0.2) is 55.8 Å². The summed E-state index contributed by atoms with van der Waals surface area (Å²) >= 11 is 2.22. The molecule has 0 N–H and O–H groups in total. The lowest BCUT2D eigenvalue weighted by atomic mass is 10.1. The summed E-state index contributed by atoms with van der Waals surface area (Å²) in [5.41, 5.74) is 4.69. The van der Waals surface area contributed by atoms with E-state index >= 15 is 0 Å². The number of aldehydes is 1. The molecule has 170 valence electrons. The number of carbonyl (C=O) groups is 1. The number of aryl methyl sites for hydroxylation is 1. The molecule has 2 aromatic rings. The van der Waals surface area contributed by atoms with Crippen LogP contribution in [0.5, 0.6) is 0 Å². The number of fused-ring (bicyclic) bond motifs is 1. The lowest BCUT2D eigenvalue weighted by Gasteiger charge is -2.29. The van der Waals surface area contributed by atoms with Crippen LogP contribution in [0.15, 0.2) is 34.7 Å². The zero-order chi connectivity index (χ0) is 23.5. The van der Waals surface area contributed by atoms with Crippen molar-refractivity contribution in [2.45, 2.75) is 46.7 Å². The Balaban J connectivity index is 0.00000176. The van der Waals surface area contributed by atoms with Gasteiger partial charge in [0.2, 0.25) is 0 Å². The summed E-state index contributed by atoms with van der Waals surface area (Å²) in [6.07, 6.45) is 6.00. The average molecular weight is 566 g/mol. The quantitative estimate of drug-likeness (QED) is 0.0917. The largest absolute Gasteiger partial charge is 0.363 e. The second-order valence-corrected chi connectivity index (χ2v) is 8.92. The number of aromatic nitrogens is 4. The van der Waals surface area contributed by atoms with Crippen LogP contribution in [-0.2, 0) is 30.7 Å². The van der Waals surface area contributed by atoms with Gasteiger partial charge in [0.05, 0.1) is 37.1 Å². The minimum atomic E-state index is 0.0581. The number of nitriles is 1. The molecule has 0 aliphatic carbocycles. The van der Waals surface area contributed by atoms with E-state index in [0.717, 1.165) is 29.1 Å². The van der Waals surface area contributed by atoms with Crippen molar-refractivity contribution in [2.75, 3.05) is 13.6 Å². The van der Waals surface area contributed by atoms with Gasteiger partial charge in [-0.1, -0.05) is 32.1 Å². The van der Waals surface area contributed by atoms with Crippen molar-refractivity contribution in [3.8, 4) is 6.07 Å². The van der Waals surface area contributed by atoms with Gasteiger partial charge in [-0.15, -0.1) is 5.10 Å². The molecular formula is C21H28IN8OP. The van der Waals surface area contributed by atoms with E-state index in [-0.39, 0.29) is 5.57 Å². The monoisotopic (exact) mass is 566 g/mol. The van der Waals surface area contributed by atoms with E-state index in [4.69, 9.17) is 0 Å². The predicted octanol–water partition coefficient (Wildman–Crippen LogP) is 3.51. The van der Waals surface area contributed by atoms with Gasteiger partial charge in [0.25, 0.3) is 0 Å². The molecule has 3 heterocycles. The van der Waals surface area contributed by atoms with Crippen LogP contribution in [0, 0.1) is 11.3 Å². The number of pyridine rings is 1. The molecule has 0 spiro atoms. The highest BCUT2D eigenvalue weighted by atomic mass is 127. The second kappa shape index (κ2) is 13.2. The van der Waals surface area contributed by atoms with Crippen LogP contribution in [0.3, 0.4) is 0 Å². The molecule has 3 rings (SSSR count). The number of nitrogens with zero attached hydrogens (tertiary/aromatic N) is 8. The van der Waals surface area contributed by atoms with Crippen molar-refractivity contribution < 1.29 is 4.79 Å². The van der Waals surface area contributed by atoms with E-state index in [9.17, 15) is 10.1 Å². The van der Waals surface area contributed by atoms with Gasteiger partial charge in [-0.25, -0.2) is 4.68 Å². The molecule has 0 fully saturated rings. The Bertz CT molecular complexity index is 1010. The van der Waals surface area contributed by atoms with Crippen LogP contribution in [0.2, 0.25) is 0 Å². The molecule has 1 unspecified atom stereocenters. The average Bonchev–Trinajstić information content (AvgIpc) is 3.25. The van der Waals surface area contributed by atoms with Gasteiger partial charge in [0.1, 0.15) is 17.3 Å². The van der Waals surface area contributed by atoms with Crippen molar-refractivity contribution in [2.24, 2.45) is 5.10 Å². The Labute approximate surface area is 203 Å². The zero-order valence-electron chi connectivity index (χ0n) is 18.8. The van der Waals surface area contributed by atoms with E-state index in [2.05, 4.69) is 55.4 Å². The summed E-state index contributed by atoms with van der Waals surface area (Å²) in [7, 11) is 1.84. The Morgan fingerprint density at radius 2 is 2.25 bits per heavy atom. The molecule has 0 amide bonds. The highest BCUT2D eigenvalue weighted by Crippen LogP contribution is 2.26. The molecule has 0 saturated heterocycles. The SMILES string of the molecule is CC.CCc1ncccc1Cn1nnc2c1CCN(C(/C=N\N(C)PI)=C(\C#N)C=O)C2. The van der Waals surface area contributed by atoms with Gasteiger partial charge >= 0.3 is 0 Å². The molecule has 11 heteroatoms. The third-order valence-corrected chi connectivity index (χ3v) is 7.30. The van der Waals surface area contributed by atoms with E-state index in [1.165, 1.54) is 0 Å². The molecular weight excluding hydrogens is 538 g/mol. The van der Waals surface area contributed by atoms with Crippen molar-refractivity contribution in [1.29, 1.82) is 5.26 Å². The fourth-order valence-corrected chi connectivity index (χ4v) is 3.80. The molecule has 1 aliphatic rings. The van der Waals surface area contributed by atoms with Gasteiger partial charge < -0.3 is 4.90 Å². The topological polar surface area (TPSA) is 103 Å². The molecule has 32 heavy (non-hydrogen) atoms. The van der Waals surface area contributed by atoms with Gasteiger partial charge in [-0.2, -0.15) is 10.4 Å². The van der Waals surface area contributed by atoms with Crippen LogP contribution in [0.4, 0.5) is 0 Å². The normalized spacial score (nSPS) is 13.9. The van der Waals surface area contributed by atoms with Crippen LogP contribution >= 0.6 is 28.4 Å². The minimum absolute atomic E-state index is 0.0581. The maximum Gasteiger partial charge on any atom is 0.162 e. The van der Waals surface area contributed by atoms with E-state index in [1.807, 2.05) is 48.8 Å². The van der Waals surface area contributed by atoms with Crippen molar-refractivity contribution in [1.82, 2.24) is 29.7 Å². The summed E-state index contributed by atoms with van der Waals surface area (Å²) in [4.78, 5) is 17.8. The Hall–Kier alpha value is -2.38. The van der Waals surface area contributed by atoms with Crippen LogP contribution in [0.1, 0.15) is 43.4 Å². The first kappa shape index (κ1) is 25.9. The molecule has 0 aromatic carbocycles. The Kier molecular flexibility index (Phi) is 10.7. The number of hydrogen-bond acceptors (Lipinski definition) is 8. The van der Waals surface area contributed by atoms with Crippen molar-refractivity contribution in [3.63, 3.8) is 0 Å². The standard InChI is InChI=1S/C19H22IN8OP.C2H6/c1-3-16-14(5-4-7-22-16)11-28-18-6-8-27(12-17(18)24-25-28)19(15(9-21)13-29)10-23-26(2)30-20;1-2/h4-5,7,10,13,30H,3,6,8,11-12H2,1-2H3;1-2H3/b19-15+,23-10-;. The highest BCUT2D eigenvalue weighted by Gasteiger charge is 2.25. The first-order chi connectivity index (χ1) is 15.6. The van der Waals surface area contributed by atoms with Crippen LogP contribution in [0.25, 0.3) is 0 Å². The smallest absolute Gasteiger partial charge is 0.162 e. The fraction of sp³-hybridized carbons (Fsp3) is 0.429. The van der Waals surface area contributed by atoms with Gasteiger partial charge in [-0.05, 0) is 40.1 Å². The van der Waals surface area contributed by atoms with E-state index < -0.39 is 0 Å². The third kappa shape index (κ3) is 6.33. The van der Waals surface area contributed by atoms with Crippen molar-refractivity contribution in [3.05, 3.63) is 52.2 Å². The summed E-state index contributed by atoms with van der Waals surface area (Å²) in [6.45, 7) is 7.83. The molecule has 0 saturated carbocycles. The number of hydrazone groups is 1. The van der Waals surface area contributed by atoms with Gasteiger partial charge in [0.15, 0.2) is 6.29 Å². The number of halogens is 1. The number of carbonyl (C=O) groups excluding carboxylic acids is 1. The number of hydrogen-bond donors (Lipinski definition) is 0. The second-order valence-electron chi connectivity index (χ2n) is 6.66. The highest BCUT2D eigenvalue weighted by molar-refractivity contribution is 14.2. The molecule has 0 bridgehead atoms. The predicted molar refractivity (Wildman–Crippen MR) is 135 cm³/mol. The van der Waals surface area contributed by atoms with Crippen LogP contribution < -0.4 is 0 Å². The fourth-order valence-electron chi connectivity index (χ4n) is 3.32. The summed E-state index contributed by atoms with van der Waals surface area (Å²) in [5, 5.41) is 22.4. The maximum absolute atomic E-state index is 11.4. The summed E-state index contributed by atoms with van der Waals surface area (Å²) in [5.74, 6) is 0. The third-order valence-electron chi connectivity index (χ3n) is 4.85. The maximum atomic E-state index is 11.4. The lowest BCUT2D eigenvalue weighted by Crippen LogP contribution is -2.32. The van der Waals surface area contributed by atoms with Gasteiger partial charge in [0, 0.05) is 31.9 Å². The molecule has 2 aromatic heterocycles. The molecule has 0 radical (unpaired) electrons. The Morgan fingerprint density at radius 1 is 1.47 bits per heavy atom. The van der Waals surface area contributed by atoms with Gasteiger partial charge in [-0.3, -0.25) is 14.6 Å². The molecule has 1 atom stereocenters. The number of allylic oxidation sites excluding steroid dienone is 2. The first-order valence-corrected chi connectivity index (χ1v) is 14.5. The Morgan fingerprint density at radius 3 is 2.91 bits per heavy atom. The lowest BCUT2D eigenvalue weighted by molar-refractivity contribution is -0.104. The van der Waals surface area contributed by atoms with E-state index in [0.29, 0.717) is 44.4 Å². The summed E-state index contributed by atoms with van der Waals surface area (Å²) < 4.78 is 3.68.